The van der Waals surface area contributed by atoms with Crippen LogP contribution in [0.3, 0.4) is 0 Å². The zero-order valence-electron chi connectivity index (χ0n) is 73.8. The minimum atomic E-state index is -1.98. The third-order valence-corrected chi connectivity index (χ3v) is 24.8. The third kappa shape index (κ3) is 53.8. The maximum atomic E-state index is 13.5. The molecule has 12 N–H and O–H groups in total. The highest BCUT2D eigenvalue weighted by Crippen LogP contribution is 2.34. The van der Waals surface area contributed by atoms with Crippen LogP contribution in [-0.4, -0.2) is 193 Å². The smallest absolute Gasteiger partial charge is 0.220 e. The molecule has 0 saturated carbocycles. The number of aliphatic hydroxyl groups excluding tert-OH is 11. The average Bonchev–Trinajstić information content (AvgIpc) is 0.779. The van der Waals surface area contributed by atoms with Crippen LogP contribution in [0.1, 0.15) is 450 Å². The van der Waals surface area contributed by atoms with Crippen LogP contribution < -0.4 is 5.32 Å². The van der Waals surface area contributed by atoms with Crippen molar-refractivity contribution in [3.63, 3.8) is 0 Å². The van der Waals surface area contributed by atoms with Crippen LogP contribution >= 0.6 is 0 Å². The van der Waals surface area contributed by atoms with Gasteiger partial charge in [-0.25, -0.2) is 0 Å². The zero-order valence-corrected chi connectivity index (χ0v) is 73.8. The summed E-state index contributed by atoms with van der Waals surface area (Å²) in [5.74, 6) is -0.274. The monoisotopic (exact) mass is 1640 g/mol. The van der Waals surface area contributed by atoms with Crippen molar-refractivity contribution >= 4 is 5.91 Å². The largest absolute Gasteiger partial charge is 0.394 e. The number of aliphatic hydroxyl groups is 11. The van der Waals surface area contributed by atoms with Crippen LogP contribution in [0.25, 0.3) is 0 Å². The fraction of sp³-hybridized carbons (Fsp3) is 0.948. The molecule has 1 amide bonds. The van der Waals surface area contributed by atoms with Gasteiger partial charge in [0, 0.05) is 6.42 Å². The molecule has 19 nitrogen and oxygen atoms in total. The summed E-state index contributed by atoms with van der Waals surface area (Å²) in [5.41, 5.74) is 0. The van der Waals surface area contributed by atoms with E-state index in [1.807, 2.05) is 6.08 Å². The summed E-state index contributed by atoms with van der Waals surface area (Å²) in [5, 5.41) is 121. The summed E-state index contributed by atoms with van der Waals surface area (Å²) in [7, 11) is 0. The fourth-order valence-electron chi connectivity index (χ4n) is 17.0. The number of rotatable bonds is 82. The Kier molecular flexibility index (Phi) is 71.0. The van der Waals surface area contributed by atoms with E-state index in [-0.39, 0.29) is 18.9 Å². The summed E-state index contributed by atoms with van der Waals surface area (Å²) in [4.78, 5) is 13.5. The van der Waals surface area contributed by atoms with E-state index in [9.17, 15) is 61.0 Å². The Labute approximate surface area is 702 Å². The number of amides is 1. The van der Waals surface area contributed by atoms with Gasteiger partial charge < -0.3 is 89.9 Å². The molecule has 3 saturated heterocycles. The first-order valence-electron chi connectivity index (χ1n) is 49.1. The first-order chi connectivity index (χ1) is 56.3. The summed E-state index contributed by atoms with van der Waals surface area (Å²) in [6.07, 6.45) is 70.9. The van der Waals surface area contributed by atoms with Gasteiger partial charge in [-0.3, -0.25) is 4.79 Å². The normalized spacial score (nSPS) is 24.6. The average molecular weight is 1640 g/mol. The van der Waals surface area contributed by atoms with Gasteiger partial charge in [0.25, 0.3) is 0 Å². The maximum absolute atomic E-state index is 13.5. The summed E-state index contributed by atoms with van der Waals surface area (Å²) >= 11 is 0. The second-order valence-electron chi connectivity index (χ2n) is 35.2. The molecule has 0 bridgehead atoms. The number of ether oxygens (including phenoxy) is 6. The lowest BCUT2D eigenvalue weighted by Crippen LogP contribution is -2.66. The fourth-order valence-corrected chi connectivity index (χ4v) is 17.0. The van der Waals surface area contributed by atoms with Crippen molar-refractivity contribution in [3.05, 3.63) is 24.3 Å². The summed E-state index contributed by atoms with van der Waals surface area (Å²) in [6.45, 7) is 1.81. The molecule has 680 valence electrons. The van der Waals surface area contributed by atoms with E-state index in [4.69, 9.17) is 28.4 Å². The Morgan fingerprint density at radius 2 is 0.557 bits per heavy atom. The lowest BCUT2D eigenvalue weighted by molar-refractivity contribution is -0.379. The number of allylic oxidation sites excluding steroid dienone is 3. The van der Waals surface area contributed by atoms with E-state index in [0.717, 1.165) is 38.5 Å². The molecule has 0 aromatic heterocycles. The van der Waals surface area contributed by atoms with Gasteiger partial charge in [0.05, 0.1) is 38.6 Å². The van der Waals surface area contributed by atoms with E-state index in [1.165, 1.54) is 379 Å². The molecule has 0 aromatic rings. The Hall–Kier alpha value is -1.73. The van der Waals surface area contributed by atoms with Crippen LogP contribution in [-0.2, 0) is 33.2 Å². The minimum absolute atomic E-state index is 0.242. The molecule has 3 fully saturated rings. The zero-order chi connectivity index (χ0) is 83.1. The van der Waals surface area contributed by atoms with Gasteiger partial charge >= 0.3 is 0 Å². The van der Waals surface area contributed by atoms with Gasteiger partial charge in [-0.1, -0.05) is 436 Å². The van der Waals surface area contributed by atoms with Crippen molar-refractivity contribution in [1.29, 1.82) is 0 Å². The molecule has 19 heteroatoms. The van der Waals surface area contributed by atoms with Crippen molar-refractivity contribution < 1.29 is 89.4 Å². The highest BCUT2D eigenvalue weighted by Gasteiger charge is 2.54. The second-order valence-corrected chi connectivity index (χ2v) is 35.2. The SMILES string of the molecule is CCCCCCCCCCCCCCCCCCCCCCCCCCCCC/C=C/CC/C=C/C(O)C(COC1OC(CO)C(OC2OC(CO)C(OC3OC(CO)C(O)C(O)C3O)C(O)C2O)C(O)C1O)NC(=O)CCCCCCCCCCCCCCCCCCCCCCCCCCCCCCCCCCCCCCC. The van der Waals surface area contributed by atoms with E-state index in [1.54, 1.807) is 6.08 Å². The Balaban J connectivity index is 1.30. The van der Waals surface area contributed by atoms with Gasteiger partial charge in [0.15, 0.2) is 18.9 Å². The molecule has 3 aliphatic rings. The lowest BCUT2D eigenvalue weighted by atomic mass is 9.96. The molecule has 0 aliphatic carbocycles. The minimum Gasteiger partial charge on any atom is -0.394 e. The quantitative estimate of drug-likeness (QED) is 0.0199. The molecular formula is C96H183NO18. The van der Waals surface area contributed by atoms with Crippen LogP contribution in [0.4, 0.5) is 0 Å². The molecule has 0 radical (unpaired) electrons. The van der Waals surface area contributed by atoms with E-state index in [2.05, 4.69) is 31.3 Å². The molecule has 115 heavy (non-hydrogen) atoms. The Morgan fingerprint density at radius 3 is 0.870 bits per heavy atom. The standard InChI is InChI=1S/C96H183NO18/c1-3-5-7-9-11-13-15-17-19-21-23-25-27-29-31-33-35-37-38-39-40-42-44-46-48-50-52-54-56-58-60-62-64-66-68-70-72-74-84(102)97-79(80(101)73-71-69-67-65-63-61-59-57-55-53-51-49-47-45-43-41-36-34-32-30-28-26-24-22-20-18-16-14-12-10-8-6-4-2)78-110-94-90(108)87(105)92(82(76-99)112-94)115-96-91(109)88(106)93(83(77-100)113-96)114-95-89(107)86(104)85(103)81(75-98)111-95/h63,65,71,73,79-83,85-96,98-101,103-109H,3-62,64,66-70,72,74-78H2,1-2H3,(H,97,102)/b65-63+,73-71+. The summed E-state index contributed by atoms with van der Waals surface area (Å²) in [6, 6.07) is -0.990. The Morgan fingerprint density at radius 1 is 0.304 bits per heavy atom. The predicted molar refractivity (Wildman–Crippen MR) is 467 cm³/mol. The molecule has 0 spiro atoms. The van der Waals surface area contributed by atoms with Crippen LogP contribution in [0.2, 0.25) is 0 Å². The molecule has 3 rings (SSSR count). The number of carbonyl (C=O) groups is 1. The van der Waals surface area contributed by atoms with E-state index in [0.29, 0.717) is 12.8 Å². The van der Waals surface area contributed by atoms with Gasteiger partial charge in [-0.05, 0) is 32.1 Å². The molecule has 0 aromatic carbocycles. The van der Waals surface area contributed by atoms with Crippen molar-refractivity contribution in [2.45, 2.75) is 555 Å². The first-order valence-corrected chi connectivity index (χ1v) is 49.1. The van der Waals surface area contributed by atoms with Crippen LogP contribution in [0, 0.1) is 0 Å². The first kappa shape index (κ1) is 107. The highest BCUT2D eigenvalue weighted by molar-refractivity contribution is 5.76. The van der Waals surface area contributed by atoms with E-state index >= 15 is 0 Å². The van der Waals surface area contributed by atoms with Gasteiger partial charge in [-0.15, -0.1) is 0 Å². The number of unbranched alkanes of at least 4 members (excludes halogenated alkanes) is 64. The third-order valence-electron chi connectivity index (χ3n) is 24.8. The second kappa shape index (κ2) is 76.0. The van der Waals surface area contributed by atoms with Crippen molar-refractivity contribution in [2.75, 3.05) is 26.4 Å². The number of carbonyl (C=O) groups excluding carboxylic acids is 1. The van der Waals surface area contributed by atoms with E-state index < -0.39 is 124 Å². The Bertz CT molecular complexity index is 2160. The van der Waals surface area contributed by atoms with Crippen LogP contribution in [0.5, 0.6) is 0 Å². The topological polar surface area (TPSA) is 307 Å². The summed E-state index contributed by atoms with van der Waals surface area (Å²) < 4.78 is 34.6. The number of hydrogen-bond acceptors (Lipinski definition) is 18. The number of hydrogen-bond donors (Lipinski definition) is 12. The van der Waals surface area contributed by atoms with Crippen molar-refractivity contribution in [1.82, 2.24) is 5.32 Å². The molecule has 3 aliphatic heterocycles. The lowest BCUT2D eigenvalue weighted by Gasteiger charge is -2.48. The maximum Gasteiger partial charge on any atom is 0.220 e. The highest BCUT2D eigenvalue weighted by atomic mass is 16.8. The molecule has 17 atom stereocenters. The van der Waals surface area contributed by atoms with Crippen molar-refractivity contribution in [2.24, 2.45) is 0 Å². The van der Waals surface area contributed by atoms with Gasteiger partial charge in [-0.2, -0.15) is 0 Å². The molecule has 3 heterocycles. The molecule has 17 unspecified atom stereocenters. The number of nitrogens with one attached hydrogen (secondary N) is 1. The van der Waals surface area contributed by atoms with Crippen molar-refractivity contribution in [3.8, 4) is 0 Å². The predicted octanol–water partition coefficient (Wildman–Crippen LogP) is 20.0. The van der Waals surface area contributed by atoms with Crippen LogP contribution in [0.15, 0.2) is 24.3 Å². The van der Waals surface area contributed by atoms with Gasteiger partial charge in [0.2, 0.25) is 5.91 Å². The van der Waals surface area contributed by atoms with Gasteiger partial charge in [0.1, 0.15) is 73.2 Å². The molecular weight excluding hydrogens is 1460 g/mol.